The number of carbonyl (C=O) groups is 2. The zero-order valence-electron chi connectivity index (χ0n) is 30.4. The number of nitrogens with zero attached hydrogens (tertiary/aromatic N) is 5. The van der Waals surface area contributed by atoms with Crippen molar-refractivity contribution in [2.24, 2.45) is 5.92 Å². The zero-order chi connectivity index (χ0) is 35.9. The average molecular weight is 686 g/mol. The molecule has 4 aromatic carbocycles. The Balaban J connectivity index is 1.27. The van der Waals surface area contributed by atoms with Crippen molar-refractivity contribution in [3.8, 4) is 5.75 Å². The van der Waals surface area contributed by atoms with E-state index in [9.17, 15) is 9.59 Å². The van der Waals surface area contributed by atoms with Crippen molar-refractivity contribution in [1.29, 1.82) is 0 Å². The SMILES string of the molecule is CCn1nnc2c(C)c([C@@H](c3ccc(C)c(CN4Cc5ccccc5OC(C)(C)C4)c3)[C@@H](C)C(=O)N3C(=O)OCC3Cc3ccccc3)ccc21. The number of carbonyl (C=O) groups excluding carboxylic acids is 2. The number of aryl methyl sites for hydroxylation is 3. The molecule has 0 bridgehead atoms. The van der Waals surface area contributed by atoms with E-state index < -0.39 is 12.0 Å². The molecule has 0 aliphatic carbocycles. The van der Waals surface area contributed by atoms with Crippen LogP contribution < -0.4 is 4.74 Å². The van der Waals surface area contributed by atoms with Gasteiger partial charge in [0.2, 0.25) is 5.91 Å². The van der Waals surface area contributed by atoms with E-state index in [1.54, 1.807) is 0 Å². The molecule has 0 radical (unpaired) electrons. The maximum atomic E-state index is 14.6. The van der Waals surface area contributed by atoms with Crippen LogP contribution in [0.4, 0.5) is 4.79 Å². The Bertz CT molecular complexity index is 2070. The first-order valence-electron chi connectivity index (χ1n) is 18.0. The summed E-state index contributed by atoms with van der Waals surface area (Å²) in [6.45, 7) is 15.6. The lowest BCUT2D eigenvalue weighted by Crippen LogP contribution is -2.44. The fraction of sp³-hybridized carbons (Fsp3) is 0.381. The molecule has 0 N–H and O–H groups in total. The lowest BCUT2D eigenvalue weighted by molar-refractivity contribution is -0.133. The summed E-state index contributed by atoms with van der Waals surface area (Å²) in [7, 11) is 0. The summed E-state index contributed by atoms with van der Waals surface area (Å²) in [4.78, 5) is 31.7. The van der Waals surface area contributed by atoms with Gasteiger partial charge in [0.25, 0.3) is 0 Å². The first-order valence-corrected chi connectivity index (χ1v) is 18.0. The number of para-hydroxylation sites is 1. The summed E-state index contributed by atoms with van der Waals surface area (Å²) < 4.78 is 13.8. The van der Waals surface area contributed by atoms with Gasteiger partial charge in [-0.05, 0) is 86.6 Å². The smallest absolute Gasteiger partial charge is 0.416 e. The van der Waals surface area contributed by atoms with Crippen LogP contribution in [0, 0.1) is 19.8 Å². The van der Waals surface area contributed by atoms with Crippen LogP contribution in [0.15, 0.2) is 84.9 Å². The minimum atomic E-state index is -0.584. The highest BCUT2D eigenvalue weighted by molar-refractivity contribution is 5.95. The van der Waals surface area contributed by atoms with Crippen LogP contribution in [0.3, 0.4) is 0 Å². The largest absolute Gasteiger partial charge is 0.486 e. The zero-order valence-corrected chi connectivity index (χ0v) is 30.4. The molecule has 264 valence electrons. The molecule has 7 rings (SSSR count). The van der Waals surface area contributed by atoms with Gasteiger partial charge in [0.15, 0.2) is 0 Å². The van der Waals surface area contributed by atoms with Gasteiger partial charge < -0.3 is 9.47 Å². The summed E-state index contributed by atoms with van der Waals surface area (Å²) in [5.74, 6) is -0.257. The Hall–Kier alpha value is -5.02. The van der Waals surface area contributed by atoms with Gasteiger partial charge in [-0.2, -0.15) is 0 Å². The molecule has 51 heavy (non-hydrogen) atoms. The summed E-state index contributed by atoms with van der Waals surface area (Å²) in [6, 6.07) is 28.5. The van der Waals surface area contributed by atoms with Gasteiger partial charge in [-0.1, -0.05) is 84.9 Å². The number of rotatable bonds is 9. The van der Waals surface area contributed by atoms with Gasteiger partial charge in [0, 0.05) is 43.6 Å². The van der Waals surface area contributed by atoms with Crippen LogP contribution in [0.1, 0.15) is 72.6 Å². The predicted octanol–water partition coefficient (Wildman–Crippen LogP) is 7.60. The lowest BCUT2D eigenvalue weighted by atomic mass is 9.78. The molecule has 9 nitrogen and oxygen atoms in total. The molecule has 3 atom stereocenters. The van der Waals surface area contributed by atoms with Gasteiger partial charge in [-0.15, -0.1) is 5.10 Å². The number of fused-ring (bicyclic) bond motifs is 2. The Morgan fingerprint density at radius 1 is 1.00 bits per heavy atom. The second-order valence-corrected chi connectivity index (χ2v) is 14.7. The number of benzene rings is 4. The van der Waals surface area contributed by atoms with Gasteiger partial charge in [0.1, 0.15) is 23.5 Å². The lowest BCUT2D eigenvalue weighted by Gasteiger charge is -2.31. The minimum absolute atomic E-state index is 0.176. The van der Waals surface area contributed by atoms with E-state index in [4.69, 9.17) is 9.47 Å². The molecule has 0 saturated carbocycles. The van der Waals surface area contributed by atoms with E-state index in [1.165, 1.54) is 21.6 Å². The Morgan fingerprint density at radius 2 is 1.76 bits per heavy atom. The maximum Gasteiger partial charge on any atom is 0.416 e. The first-order chi connectivity index (χ1) is 24.5. The third-order valence-corrected chi connectivity index (χ3v) is 10.5. The van der Waals surface area contributed by atoms with Gasteiger partial charge >= 0.3 is 6.09 Å². The van der Waals surface area contributed by atoms with E-state index >= 15 is 0 Å². The molecule has 2 amide bonds. The van der Waals surface area contributed by atoms with Crippen molar-refractivity contribution in [2.75, 3.05) is 13.2 Å². The molecular formula is C42H47N5O4. The highest BCUT2D eigenvalue weighted by atomic mass is 16.6. The molecular weight excluding hydrogens is 638 g/mol. The number of hydrogen-bond donors (Lipinski definition) is 0. The Morgan fingerprint density at radius 3 is 2.55 bits per heavy atom. The van der Waals surface area contributed by atoms with Crippen LogP contribution in [-0.4, -0.2) is 61.6 Å². The van der Waals surface area contributed by atoms with E-state index in [1.807, 2.05) is 61.0 Å². The van der Waals surface area contributed by atoms with Crippen LogP contribution >= 0.6 is 0 Å². The van der Waals surface area contributed by atoms with Crippen LogP contribution in [0.2, 0.25) is 0 Å². The molecule has 1 unspecified atom stereocenters. The van der Waals surface area contributed by atoms with Crippen LogP contribution in [0.25, 0.3) is 11.0 Å². The second kappa shape index (κ2) is 13.9. The monoisotopic (exact) mass is 685 g/mol. The molecule has 2 aliphatic rings. The van der Waals surface area contributed by atoms with E-state index in [2.05, 4.69) is 85.4 Å². The van der Waals surface area contributed by atoms with Gasteiger partial charge in [-0.25, -0.2) is 14.4 Å². The molecule has 1 fully saturated rings. The van der Waals surface area contributed by atoms with Crippen molar-refractivity contribution in [3.05, 3.63) is 124 Å². The quantitative estimate of drug-likeness (QED) is 0.158. The number of imide groups is 1. The maximum absolute atomic E-state index is 14.6. The highest BCUT2D eigenvalue weighted by Gasteiger charge is 2.42. The molecule has 5 aromatic rings. The molecule has 1 saturated heterocycles. The van der Waals surface area contributed by atoms with Crippen molar-refractivity contribution >= 4 is 23.0 Å². The fourth-order valence-corrected chi connectivity index (χ4v) is 7.93. The van der Waals surface area contributed by atoms with Crippen molar-refractivity contribution in [2.45, 2.75) is 85.2 Å². The van der Waals surface area contributed by atoms with E-state index in [0.717, 1.165) is 58.7 Å². The van der Waals surface area contributed by atoms with Crippen molar-refractivity contribution < 1.29 is 19.1 Å². The fourth-order valence-electron chi connectivity index (χ4n) is 7.93. The Labute approximate surface area is 300 Å². The van der Waals surface area contributed by atoms with Gasteiger partial charge in [0.05, 0.1) is 11.6 Å². The predicted molar refractivity (Wildman–Crippen MR) is 198 cm³/mol. The highest BCUT2D eigenvalue weighted by Crippen LogP contribution is 2.39. The topological polar surface area (TPSA) is 89.8 Å². The molecule has 0 spiro atoms. The van der Waals surface area contributed by atoms with Crippen molar-refractivity contribution in [3.63, 3.8) is 0 Å². The number of aromatic nitrogens is 3. The number of cyclic esters (lactones) is 1. The van der Waals surface area contributed by atoms with Crippen LogP contribution in [-0.2, 0) is 35.6 Å². The normalized spacial score (nSPS) is 18.5. The molecule has 3 heterocycles. The second-order valence-electron chi connectivity index (χ2n) is 14.7. The van der Waals surface area contributed by atoms with Gasteiger partial charge in [-0.3, -0.25) is 9.69 Å². The number of ether oxygens (including phenoxy) is 2. The minimum Gasteiger partial charge on any atom is -0.486 e. The third-order valence-electron chi connectivity index (χ3n) is 10.5. The first kappa shape index (κ1) is 34.4. The number of hydrogen-bond acceptors (Lipinski definition) is 7. The van der Waals surface area contributed by atoms with E-state index in [0.29, 0.717) is 13.0 Å². The summed E-state index contributed by atoms with van der Waals surface area (Å²) in [6.07, 6.45) is -0.0467. The van der Waals surface area contributed by atoms with Crippen LogP contribution in [0.5, 0.6) is 5.75 Å². The summed E-state index contributed by atoms with van der Waals surface area (Å²) >= 11 is 0. The van der Waals surface area contributed by atoms with E-state index in [-0.39, 0.29) is 30.1 Å². The molecule has 1 aromatic heterocycles. The number of amides is 2. The summed E-state index contributed by atoms with van der Waals surface area (Å²) in [5.41, 5.74) is 8.97. The molecule has 9 heteroatoms. The average Bonchev–Trinajstić information content (AvgIpc) is 3.67. The Kier molecular flexibility index (Phi) is 9.42. The standard InChI is InChI=1S/C42H47N5O4/c1-7-46-36-20-19-35(28(3)39(36)43-44-46)38(29(4)40(48)47-34(25-50-41(47)49)21-30-13-9-8-10-14-30)31-18-17-27(2)33(22-31)24-45-23-32-15-11-12-16-37(32)51-42(5,6)26-45/h8-20,22,29,34,38H,7,21,23-26H2,1-6H3/t29-,34?,38-/m1/s1. The van der Waals surface area contributed by atoms with Crippen molar-refractivity contribution in [1.82, 2.24) is 24.8 Å². The summed E-state index contributed by atoms with van der Waals surface area (Å²) in [5, 5.41) is 8.94. The third kappa shape index (κ3) is 6.87. The molecule has 2 aliphatic heterocycles.